The number of ether oxygens (including phenoxy) is 1. The van der Waals surface area contributed by atoms with Crippen molar-refractivity contribution in [1.29, 1.82) is 0 Å². The molecule has 1 unspecified atom stereocenters. The first-order chi connectivity index (χ1) is 7.57. The van der Waals surface area contributed by atoms with Crippen LogP contribution >= 0.6 is 0 Å². The average Bonchev–Trinajstić information content (AvgIpc) is 2.74. The van der Waals surface area contributed by atoms with E-state index in [0.29, 0.717) is 26.1 Å². The molecular weight excluding hydrogens is 216 g/mol. The zero-order valence-electron chi connectivity index (χ0n) is 9.18. The Morgan fingerprint density at radius 1 is 1.25 bits per heavy atom. The van der Waals surface area contributed by atoms with Crippen molar-refractivity contribution in [3.63, 3.8) is 0 Å². The molecule has 0 aromatic carbocycles. The van der Waals surface area contributed by atoms with Crippen LogP contribution in [-0.4, -0.2) is 31.1 Å². The van der Waals surface area contributed by atoms with E-state index in [9.17, 15) is 13.6 Å². The third-order valence-electron chi connectivity index (χ3n) is 3.36. The highest BCUT2D eigenvalue weighted by Crippen LogP contribution is 2.33. The van der Waals surface area contributed by atoms with E-state index in [2.05, 4.69) is 5.32 Å². The molecule has 1 heterocycles. The van der Waals surface area contributed by atoms with Crippen molar-refractivity contribution in [1.82, 2.24) is 5.32 Å². The van der Waals surface area contributed by atoms with Gasteiger partial charge in [-0.1, -0.05) is 0 Å². The number of hydrogen-bond donors (Lipinski definition) is 1. The summed E-state index contributed by atoms with van der Waals surface area (Å²) in [6.45, 7) is 1.09. The summed E-state index contributed by atoms with van der Waals surface area (Å²) < 4.78 is 30.9. The molecule has 0 radical (unpaired) electrons. The molecule has 5 heteroatoms. The second-order valence-electron chi connectivity index (χ2n) is 4.70. The van der Waals surface area contributed by atoms with Gasteiger partial charge in [0.1, 0.15) is 0 Å². The van der Waals surface area contributed by atoms with Crippen molar-refractivity contribution < 1.29 is 18.3 Å². The predicted octanol–water partition coefficient (Wildman–Crippen LogP) is 1.72. The topological polar surface area (TPSA) is 38.3 Å². The van der Waals surface area contributed by atoms with E-state index in [0.717, 1.165) is 6.42 Å². The summed E-state index contributed by atoms with van der Waals surface area (Å²) >= 11 is 0. The van der Waals surface area contributed by atoms with Gasteiger partial charge in [0, 0.05) is 25.5 Å². The van der Waals surface area contributed by atoms with Crippen molar-refractivity contribution in [2.45, 2.75) is 44.1 Å². The average molecular weight is 233 g/mol. The van der Waals surface area contributed by atoms with Crippen LogP contribution in [0.2, 0.25) is 0 Å². The van der Waals surface area contributed by atoms with Crippen molar-refractivity contribution in [2.24, 2.45) is 5.92 Å². The predicted molar refractivity (Wildman–Crippen MR) is 54.3 cm³/mol. The third kappa shape index (κ3) is 2.90. The molecule has 1 N–H and O–H groups in total. The Bertz CT molecular complexity index is 255. The monoisotopic (exact) mass is 233 g/mol. The highest BCUT2D eigenvalue weighted by molar-refractivity contribution is 5.79. The maximum atomic E-state index is 12.9. The van der Waals surface area contributed by atoms with Crippen LogP contribution in [0, 0.1) is 5.92 Å². The fraction of sp³-hybridized carbons (Fsp3) is 0.909. The van der Waals surface area contributed by atoms with Gasteiger partial charge in [-0.2, -0.15) is 0 Å². The largest absolute Gasteiger partial charge is 0.381 e. The van der Waals surface area contributed by atoms with Crippen LogP contribution in [0.1, 0.15) is 32.1 Å². The maximum Gasteiger partial charge on any atom is 0.248 e. The van der Waals surface area contributed by atoms with Gasteiger partial charge in [0.15, 0.2) is 0 Å². The van der Waals surface area contributed by atoms with Gasteiger partial charge in [-0.15, -0.1) is 0 Å². The molecule has 1 aliphatic heterocycles. The minimum Gasteiger partial charge on any atom is -0.381 e. The normalized spacial score (nSPS) is 30.2. The van der Waals surface area contributed by atoms with E-state index in [4.69, 9.17) is 4.74 Å². The lowest BCUT2D eigenvalue weighted by atomic mass is 9.92. The van der Waals surface area contributed by atoms with Gasteiger partial charge in [0.25, 0.3) is 0 Å². The van der Waals surface area contributed by atoms with Gasteiger partial charge in [-0.05, 0) is 19.3 Å². The molecule has 1 saturated carbocycles. The van der Waals surface area contributed by atoms with Crippen molar-refractivity contribution in [2.75, 3.05) is 13.2 Å². The lowest BCUT2D eigenvalue weighted by Gasteiger charge is -2.29. The van der Waals surface area contributed by atoms with Crippen LogP contribution in [0.3, 0.4) is 0 Å². The minimum atomic E-state index is -2.53. The molecule has 0 aromatic rings. The molecule has 92 valence electrons. The number of carbonyl (C=O) groups excluding carboxylic acids is 1. The highest BCUT2D eigenvalue weighted by Gasteiger charge is 2.36. The van der Waals surface area contributed by atoms with Crippen molar-refractivity contribution in [3.05, 3.63) is 0 Å². The smallest absolute Gasteiger partial charge is 0.248 e. The minimum absolute atomic E-state index is 0.0345. The lowest BCUT2D eigenvalue weighted by molar-refractivity contribution is -0.126. The van der Waals surface area contributed by atoms with E-state index in [1.165, 1.54) is 0 Å². The summed E-state index contributed by atoms with van der Waals surface area (Å²) in [4.78, 5) is 11.7. The molecule has 2 aliphatic rings. The number of amides is 1. The van der Waals surface area contributed by atoms with Crippen LogP contribution in [0.4, 0.5) is 8.78 Å². The van der Waals surface area contributed by atoms with E-state index < -0.39 is 5.92 Å². The highest BCUT2D eigenvalue weighted by atomic mass is 19.3. The fourth-order valence-electron chi connectivity index (χ4n) is 2.24. The Kier molecular flexibility index (Phi) is 3.42. The Labute approximate surface area is 93.5 Å². The summed E-state index contributed by atoms with van der Waals surface area (Å²) in [7, 11) is 0. The molecule has 0 spiro atoms. The van der Waals surface area contributed by atoms with Gasteiger partial charge in [0.2, 0.25) is 11.8 Å². The zero-order valence-corrected chi connectivity index (χ0v) is 9.18. The van der Waals surface area contributed by atoms with Crippen LogP contribution in [0.5, 0.6) is 0 Å². The summed E-state index contributed by atoms with van der Waals surface area (Å²) in [6.07, 6.45) is 1.28. The van der Waals surface area contributed by atoms with Gasteiger partial charge in [-0.3, -0.25) is 4.79 Å². The molecule has 16 heavy (non-hydrogen) atoms. The van der Waals surface area contributed by atoms with Crippen molar-refractivity contribution >= 4 is 5.91 Å². The first-order valence-corrected chi connectivity index (χ1v) is 5.83. The maximum absolute atomic E-state index is 12.9. The summed E-state index contributed by atoms with van der Waals surface area (Å²) in [5, 5.41) is 2.85. The number of alkyl halides is 2. The Hall–Kier alpha value is -0.710. The van der Waals surface area contributed by atoms with Crippen molar-refractivity contribution in [3.8, 4) is 0 Å². The number of halogens is 2. The van der Waals surface area contributed by atoms with Gasteiger partial charge >= 0.3 is 0 Å². The zero-order chi connectivity index (χ0) is 11.6. The third-order valence-corrected chi connectivity index (χ3v) is 3.36. The van der Waals surface area contributed by atoms with E-state index >= 15 is 0 Å². The van der Waals surface area contributed by atoms with Crippen LogP contribution in [0.15, 0.2) is 0 Å². The molecule has 1 saturated heterocycles. The van der Waals surface area contributed by atoms with E-state index in [1.54, 1.807) is 0 Å². The molecule has 0 aromatic heterocycles. The number of hydrogen-bond acceptors (Lipinski definition) is 2. The van der Waals surface area contributed by atoms with E-state index in [-0.39, 0.29) is 30.7 Å². The molecule has 1 aliphatic carbocycles. The Morgan fingerprint density at radius 3 is 2.50 bits per heavy atom. The summed E-state index contributed by atoms with van der Waals surface area (Å²) in [6, 6.07) is -0.0762. The Balaban J connectivity index is 1.76. The molecule has 3 nitrogen and oxygen atoms in total. The summed E-state index contributed by atoms with van der Waals surface area (Å²) in [5.41, 5.74) is 0. The quantitative estimate of drug-likeness (QED) is 0.788. The molecule has 1 amide bonds. The number of carbonyl (C=O) groups is 1. The second-order valence-corrected chi connectivity index (χ2v) is 4.70. The molecule has 2 fully saturated rings. The first-order valence-electron chi connectivity index (χ1n) is 5.83. The van der Waals surface area contributed by atoms with Gasteiger partial charge < -0.3 is 10.1 Å². The molecular formula is C11H17F2NO2. The lowest BCUT2D eigenvalue weighted by Crippen LogP contribution is -2.43. The van der Waals surface area contributed by atoms with Gasteiger partial charge in [-0.25, -0.2) is 8.78 Å². The summed E-state index contributed by atoms with van der Waals surface area (Å²) in [5.74, 6) is -2.65. The first kappa shape index (κ1) is 11.8. The standard InChI is InChI=1S/C11H17F2NO2/c12-11(13)4-1-9(2-5-11)14-10(15)8-3-6-16-7-8/h8-9H,1-7H2,(H,14,15). The fourth-order valence-corrected chi connectivity index (χ4v) is 2.24. The van der Waals surface area contributed by atoms with Crippen LogP contribution in [0.25, 0.3) is 0 Å². The SMILES string of the molecule is O=C(NC1CCC(F)(F)CC1)C1CCOC1. The molecule has 0 bridgehead atoms. The molecule has 2 rings (SSSR count). The number of rotatable bonds is 2. The van der Waals surface area contributed by atoms with E-state index in [1.807, 2.05) is 0 Å². The number of nitrogens with one attached hydrogen (secondary N) is 1. The van der Waals surface area contributed by atoms with Crippen LogP contribution in [-0.2, 0) is 9.53 Å². The Morgan fingerprint density at radius 2 is 1.94 bits per heavy atom. The van der Waals surface area contributed by atoms with Gasteiger partial charge in [0.05, 0.1) is 12.5 Å². The molecule has 1 atom stereocenters. The second kappa shape index (κ2) is 4.65. The van der Waals surface area contributed by atoms with Crippen LogP contribution < -0.4 is 5.32 Å².